The van der Waals surface area contributed by atoms with Crippen LogP contribution in [-0.2, 0) is 4.84 Å². The van der Waals surface area contributed by atoms with E-state index in [2.05, 4.69) is 4.99 Å². The molecule has 15 heavy (non-hydrogen) atoms. The molecular weight excluding hydrogens is 192 g/mol. The molecule has 0 atom stereocenters. The van der Waals surface area contributed by atoms with Gasteiger partial charge in [0, 0.05) is 6.21 Å². The van der Waals surface area contributed by atoms with Crippen LogP contribution in [0.5, 0.6) is 5.75 Å². The van der Waals surface area contributed by atoms with Crippen molar-refractivity contribution in [3.8, 4) is 5.75 Å². The summed E-state index contributed by atoms with van der Waals surface area (Å²) in [6, 6.07) is 9.53. The number of para-hydroxylation sites is 1. The molecule has 2 rings (SSSR count). The predicted molar refractivity (Wildman–Crippen MR) is 57.4 cm³/mol. The number of nitrogens with zero attached hydrogens (tertiary/aromatic N) is 2. The second-order valence-corrected chi connectivity index (χ2v) is 2.96. The lowest BCUT2D eigenvalue weighted by Crippen LogP contribution is -2.28. The minimum absolute atomic E-state index is 0.589. The molecule has 0 saturated carbocycles. The summed E-state index contributed by atoms with van der Waals surface area (Å²) in [5.74, 6) is 1.36. The van der Waals surface area contributed by atoms with Gasteiger partial charge in [0.05, 0.1) is 19.9 Å². The van der Waals surface area contributed by atoms with Crippen LogP contribution < -0.4 is 4.74 Å². The van der Waals surface area contributed by atoms with Gasteiger partial charge in [0.15, 0.2) is 0 Å². The summed E-state index contributed by atoms with van der Waals surface area (Å²) in [5.41, 5.74) is 0. The van der Waals surface area contributed by atoms with Crippen molar-refractivity contribution < 1.29 is 9.57 Å². The van der Waals surface area contributed by atoms with E-state index in [0.29, 0.717) is 12.4 Å². The zero-order valence-corrected chi connectivity index (χ0v) is 8.46. The van der Waals surface area contributed by atoms with Gasteiger partial charge in [-0.15, -0.1) is 0 Å². The van der Waals surface area contributed by atoms with Crippen molar-refractivity contribution in [2.45, 2.75) is 0 Å². The molecule has 0 bridgehead atoms. The molecule has 0 aliphatic carbocycles. The van der Waals surface area contributed by atoms with Gasteiger partial charge in [0.2, 0.25) is 5.88 Å². The predicted octanol–water partition coefficient (Wildman–Crippen LogP) is 1.81. The smallest absolute Gasteiger partial charge is 0.238 e. The summed E-state index contributed by atoms with van der Waals surface area (Å²) in [6.07, 6.45) is 3.38. The van der Waals surface area contributed by atoms with Gasteiger partial charge in [-0.3, -0.25) is 9.83 Å². The highest BCUT2D eigenvalue weighted by molar-refractivity contribution is 5.61. The Labute approximate surface area is 88.4 Å². The first-order chi connectivity index (χ1) is 7.40. The number of hydrogen-bond acceptors (Lipinski definition) is 4. The summed E-state index contributed by atoms with van der Waals surface area (Å²) in [6.45, 7) is 0.592. The number of benzene rings is 1. The molecule has 1 aromatic carbocycles. The van der Waals surface area contributed by atoms with Crippen LogP contribution in [-0.4, -0.2) is 24.9 Å². The van der Waals surface area contributed by atoms with Crippen molar-refractivity contribution in [3.63, 3.8) is 0 Å². The molecule has 0 spiro atoms. The van der Waals surface area contributed by atoms with Crippen LogP contribution >= 0.6 is 0 Å². The highest BCUT2D eigenvalue weighted by Crippen LogP contribution is 2.16. The van der Waals surface area contributed by atoms with Gasteiger partial charge in [-0.1, -0.05) is 18.2 Å². The molecule has 0 saturated heterocycles. The molecule has 1 aliphatic heterocycles. The van der Waals surface area contributed by atoms with Gasteiger partial charge in [-0.25, -0.2) is 5.06 Å². The van der Waals surface area contributed by atoms with Gasteiger partial charge in [0.1, 0.15) is 5.75 Å². The lowest BCUT2D eigenvalue weighted by Gasteiger charge is -2.23. The van der Waals surface area contributed by atoms with E-state index in [1.165, 1.54) is 0 Å². The summed E-state index contributed by atoms with van der Waals surface area (Å²) >= 11 is 0. The van der Waals surface area contributed by atoms with Crippen molar-refractivity contribution in [1.29, 1.82) is 0 Å². The Bertz CT molecular complexity index is 373. The van der Waals surface area contributed by atoms with Crippen molar-refractivity contribution in [2.75, 3.05) is 13.7 Å². The van der Waals surface area contributed by atoms with Crippen LogP contribution in [0.15, 0.2) is 47.4 Å². The van der Waals surface area contributed by atoms with Gasteiger partial charge >= 0.3 is 0 Å². The van der Waals surface area contributed by atoms with Gasteiger partial charge < -0.3 is 4.74 Å². The standard InChI is InChI=1S/C11H12N2O2/c1-14-13-8-7-12-9-11(13)15-10-5-3-2-4-6-10/h2-7,9H,8H2,1H3. The van der Waals surface area contributed by atoms with Crippen LogP contribution in [0.2, 0.25) is 0 Å². The van der Waals surface area contributed by atoms with Crippen LogP contribution in [0.25, 0.3) is 0 Å². The van der Waals surface area contributed by atoms with Crippen molar-refractivity contribution in [2.24, 2.45) is 4.99 Å². The highest BCUT2D eigenvalue weighted by atomic mass is 16.7. The Hall–Kier alpha value is -1.81. The first kappa shape index (κ1) is 9.73. The van der Waals surface area contributed by atoms with Crippen LogP contribution in [0.3, 0.4) is 0 Å². The number of ether oxygens (including phenoxy) is 1. The molecule has 0 amide bonds. The quantitative estimate of drug-likeness (QED) is 0.753. The van der Waals surface area contributed by atoms with E-state index in [9.17, 15) is 0 Å². The normalized spacial score (nSPS) is 15.0. The minimum Gasteiger partial charge on any atom is -0.437 e. The number of aliphatic imine (C=N–C) groups is 1. The molecule has 0 N–H and O–H groups in total. The van der Waals surface area contributed by atoms with E-state index in [1.54, 1.807) is 24.6 Å². The van der Waals surface area contributed by atoms with Crippen LogP contribution in [0, 0.1) is 0 Å². The van der Waals surface area contributed by atoms with Crippen LogP contribution in [0.4, 0.5) is 0 Å². The lowest BCUT2D eigenvalue weighted by molar-refractivity contribution is -0.115. The third kappa shape index (κ3) is 2.35. The second-order valence-electron chi connectivity index (χ2n) is 2.96. The number of hydroxylamine groups is 2. The minimum atomic E-state index is 0.589. The Morgan fingerprint density at radius 1 is 1.27 bits per heavy atom. The summed E-state index contributed by atoms with van der Waals surface area (Å²) in [7, 11) is 1.60. The molecule has 0 aromatic heterocycles. The topological polar surface area (TPSA) is 34.1 Å². The number of hydrogen-bond donors (Lipinski definition) is 0. The first-order valence-corrected chi connectivity index (χ1v) is 4.66. The molecule has 78 valence electrons. The Balaban J connectivity index is 2.11. The zero-order valence-electron chi connectivity index (χ0n) is 8.46. The lowest BCUT2D eigenvalue weighted by atomic mass is 10.3. The maximum Gasteiger partial charge on any atom is 0.238 e. The van der Waals surface area contributed by atoms with Crippen molar-refractivity contribution in [1.82, 2.24) is 5.06 Å². The van der Waals surface area contributed by atoms with E-state index >= 15 is 0 Å². The molecule has 1 heterocycles. The van der Waals surface area contributed by atoms with Gasteiger partial charge in [-0.05, 0) is 12.1 Å². The fraction of sp³-hybridized carbons (Fsp3) is 0.182. The Morgan fingerprint density at radius 3 is 2.80 bits per heavy atom. The summed E-state index contributed by atoms with van der Waals surface area (Å²) in [4.78, 5) is 9.14. The maximum atomic E-state index is 5.61. The molecule has 1 aliphatic rings. The molecule has 0 unspecified atom stereocenters. The second kappa shape index (κ2) is 4.61. The van der Waals surface area contributed by atoms with E-state index in [0.717, 1.165) is 5.75 Å². The molecule has 0 radical (unpaired) electrons. The van der Waals surface area contributed by atoms with Crippen LogP contribution in [0.1, 0.15) is 0 Å². The van der Waals surface area contributed by atoms with Gasteiger partial charge in [0.25, 0.3) is 0 Å². The van der Waals surface area contributed by atoms with Crippen molar-refractivity contribution in [3.05, 3.63) is 42.4 Å². The van der Waals surface area contributed by atoms with E-state index in [-0.39, 0.29) is 0 Å². The van der Waals surface area contributed by atoms with Crippen molar-refractivity contribution >= 4 is 6.21 Å². The SMILES string of the molecule is CON1CC=NC=C1Oc1ccccc1. The first-order valence-electron chi connectivity index (χ1n) is 4.66. The average Bonchev–Trinajstić information content (AvgIpc) is 2.31. The highest BCUT2D eigenvalue weighted by Gasteiger charge is 2.12. The molecule has 4 nitrogen and oxygen atoms in total. The fourth-order valence-electron chi connectivity index (χ4n) is 1.24. The molecule has 1 aromatic rings. The van der Waals surface area contributed by atoms with Gasteiger partial charge in [-0.2, -0.15) is 0 Å². The van der Waals surface area contributed by atoms with E-state index in [4.69, 9.17) is 9.57 Å². The monoisotopic (exact) mass is 204 g/mol. The molecular formula is C11H12N2O2. The Morgan fingerprint density at radius 2 is 2.07 bits per heavy atom. The summed E-state index contributed by atoms with van der Waals surface area (Å²) in [5, 5.41) is 1.62. The van der Waals surface area contributed by atoms with E-state index in [1.807, 2.05) is 30.3 Å². The number of rotatable bonds is 3. The molecule has 4 heteroatoms. The van der Waals surface area contributed by atoms with E-state index < -0.39 is 0 Å². The zero-order chi connectivity index (χ0) is 10.5. The summed E-state index contributed by atoms with van der Waals surface area (Å²) < 4.78 is 5.61. The fourth-order valence-corrected chi connectivity index (χ4v) is 1.24. The average molecular weight is 204 g/mol. The Kier molecular flexibility index (Phi) is 2.99. The third-order valence-electron chi connectivity index (χ3n) is 1.97. The molecule has 0 fully saturated rings. The largest absolute Gasteiger partial charge is 0.437 e. The third-order valence-corrected chi connectivity index (χ3v) is 1.97. The maximum absolute atomic E-state index is 5.61.